The summed E-state index contributed by atoms with van der Waals surface area (Å²) in [5, 5.41) is 6.05. The lowest BCUT2D eigenvalue weighted by molar-refractivity contribution is 0.251. The number of para-hydroxylation sites is 1. The normalized spacial score (nSPS) is 11.0. The van der Waals surface area contributed by atoms with Gasteiger partial charge in [-0.15, -0.1) is 0 Å². The van der Waals surface area contributed by atoms with E-state index in [1.165, 1.54) is 16.7 Å². The monoisotopic (exact) mass is 324 g/mol. The van der Waals surface area contributed by atoms with Gasteiger partial charge in [-0.25, -0.2) is 4.79 Å². The zero-order chi connectivity index (χ0) is 17.7. The van der Waals surface area contributed by atoms with Crippen molar-refractivity contribution in [1.82, 2.24) is 5.32 Å². The highest BCUT2D eigenvalue weighted by atomic mass is 16.2. The highest BCUT2D eigenvalue weighted by molar-refractivity contribution is 5.91. The second-order valence-corrected chi connectivity index (χ2v) is 6.86. The molecule has 3 heteroatoms. The first-order valence-corrected chi connectivity index (χ1v) is 8.62. The van der Waals surface area contributed by atoms with Crippen LogP contribution in [0.15, 0.2) is 42.5 Å². The van der Waals surface area contributed by atoms with Gasteiger partial charge in [-0.2, -0.15) is 0 Å². The van der Waals surface area contributed by atoms with Crippen molar-refractivity contribution in [2.75, 3.05) is 5.32 Å². The average Bonchev–Trinajstić information content (AvgIpc) is 2.53. The molecule has 0 heterocycles. The number of nitrogens with one attached hydrogen (secondary N) is 2. The largest absolute Gasteiger partial charge is 0.334 e. The number of hydrogen-bond donors (Lipinski definition) is 2. The zero-order valence-corrected chi connectivity index (χ0v) is 15.3. The lowest BCUT2D eigenvalue weighted by atomic mass is 9.93. The second kappa shape index (κ2) is 8.00. The molecule has 2 aromatic carbocycles. The number of rotatable bonds is 5. The minimum Gasteiger partial charge on any atom is -0.334 e. The molecule has 128 valence electrons. The molecule has 0 aliphatic carbocycles. The number of benzene rings is 2. The number of urea groups is 1. The van der Waals surface area contributed by atoms with Crippen LogP contribution >= 0.6 is 0 Å². The number of carbonyl (C=O) groups excluding carboxylic acids is 1. The number of anilines is 1. The molecule has 2 N–H and O–H groups in total. The van der Waals surface area contributed by atoms with Crippen LogP contribution < -0.4 is 10.6 Å². The van der Waals surface area contributed by atoms with Crippen LogP contribution in [-0.2, 0) is 6.54 Å². The first-order valence-electron chi connectivity index (χ1n) is 8.62. The quantitative estimate of drug-likeness (QED) is 0.742. The van der Waals surface area contributed by atoms with Crippen LogP contribution in [0.3, 0.4) is 0 Å². The van der Waals surface area contributed by atoms with E-state index in [9.17, 15) is 4.79 Å². The Morgan fingerprint density at radius 2 is 1.50 bits per heavy atom. The van der Waals surface area contributed by atoms with Gasteiger partial charge >= 0.3 is 6.03 Å². The van der Waals surface area contributed by atoms with Crippen molar-refractivity contribution in [3.05, 3.63) is 64.7 Å². The molecule has 2 amide bonds. The molecule has 0 saturated carbocycles. The highest BCUT2D eigenvalue weighted by Gasteiger charge is 2.15. The average molecular weight is 324 g/mol. The van der Waals surface area contributed by atoms with Gasteiger partial charge in [-0.3, -0.25) is 0 Å². The fraction of sp³-hybridized carbons (Fsp3) is 0.381. The Kier molecular flexibility index (Phi) is 6.02. The summed E-state index contributed by atoms with van der Waals surface area (Å²) >= 11 is 0. The van der Waals surface area contributed by atoms with Gasteiger partial charge in [0.25, 0.3) is 0 Å². The van der Waals surface area contributed by atoms with E-state index >= 15 is 0 Å². The molecule has 0 atom stereocenters. The highest BCUT2D eigenvalue weighted by Crippen LogP contribution is 2.32. The molecule has 0 radical (unpaired) electrons. The van der Waals surface area contributed by atoms with Crippen molar-refractivity contribution in [2.45, 2.75) is 53.0 Å². The molecule has 0 unspecified atom stereocenters. The summed E-state index contributed by atoms with van der Waals surface area (Å²) in [6, 6.07) is 14.2. The summed E-state index contributed by atoms with van der Waals surface area (Å²) in [6.07, 6.45) is 0. The van der Waals surface area contributed by atoms with E-state index in [0.29, 0.717) is 18.4 Å². The predicted octanol–water partition coefficient (Wildman–Crippen LogP) is 5.56. The Morgan fingerprint density at radius 3 is 2.04 bits per heavy atom. The van der Waals surface area contributed by atoms with E-state index in [1.54, 1.807) is 0 Å². The lowest BCUT2D eigenvalue weighted by Crippen LogP contribution is -2.29. The summed E-state index contributed by atoms with van der Waals surface area (Å²) in [5.74, 6) is 0.714. The first kappa shape index (κ1) is 18.1. The van der Waals surface area contributed by atoms with E-state index in [-0.39, 0.29) is 6.03 Å². The van der Waals surface area contributed by atoms with Gasteiger partial charge in [0, 0.05) is 12.2 Å². The Hall–Kier alpha value is -2.29. The maximum atomic E-state index is 12.4. The fourth-order valence-electron chi connectivity index (χ4n) is 2.84. The van der Waals surface area contributed by atoms with Crippen molar-refractivity contribution in [3.8, 4) is 0 Å². The summed E-state index contributed by atoms with van der Waals surface area (Å²) in [5.41, 5.74) is 5.61. The summed E-state index contributed by atoms with van der Waals surface area (Å²) in [7, 11) is 0. The predicted molar refractivity (Wildman–Crippen MR) is 102 cm³/mol. The van der Waals surface area contributed by atoms with Crippen LogP contribution in [0.4, 0.5) is 10.5 Å². The lowest BCUT2D eigenvalue weighted by Gasteiger charge is -2.20. The third-order valence-corrected chi connectivity index (χ3v) is 4.31. The summed E-state index contributed by atoms with van der Waals surface area (Å²) < 4.78 is 0. The maximum Gasteiger partial charge on any atom is 0.319 e. The van der Waals surface area contributed by atoms with Gasteiger partial charge in [-0.05, 0) is 41.0 Å². The Labute approximate surface area is 145 Å². The molecular weight excluding hydrogens is 296 g/mol. The molecule has 0 saturated heterocycles. The van der Waals surface area contributed by atoms with Crippen LogP contribution in [0.25, 0.3) is 0 Å². The smallest absolute Gasteiger partial charge is 0.319 e. The van der Waals surface area contributed by atoms with E-state index in [1.807, 2.05) is 18.2 Å². The van der Waals surface area contributed by atoms with Crippen LogP contribution in [0.2, 0.25) is 0 Å². The summed E-state index contributed by atoms with van der Waals surface area (Å²) in [6.45, 7) is 11.2. The van der Waals surface area contributed by atoms with Crippen LogP contribution in [0.5, 0.6) is 0 Å². The van der Waals surface area contributed by atoms with Crippen LogP contribution in [0, 0.1) is 6.92 Å². The molecule has 0 bridgehead atoms. The SMILES string of the molecule is Cc1ccccc1CNC(=O)Nc1c(C(C)C)cccc1C(C)C. The third kappa shape index (κ3) is 4.38. The fourth-order valence-corrected chi connectivity index (χ4v) is 2.84. The minimum atomic E-state index is -0.159. The molecule has 24 heavy (non-hydrogen) atoms. The molecule has 0 fully saturated rings. The van der Waals surface area contributed by atoms with E-state index in [2.05, 4.69) is 69.5 Å². The minimum absolute atomic E-state index is 0.159. The van der Waals surface area contributed by atoms with Gasteiger partial charge in [0.15, 0.2) is 0 Å². The zero-order valence-electron chi connectivity index (χ0n) is 15.3. The van der Waals surface area contributed by atoms with Gasteiger partial charge < -0.3 is 10.6 Å². The number of amides is 2. The van der Waals surface area contributed by atoms with Crippen molar-refractivity contribution < 1.29 is 4.79 Å². The molecule has 2 aromatic rings. The molecule has 0 aliphatic rings. The Morgan fingerprint density at radius 1 is 0.917 bits per heavy atom. The van der Waals surface area contributed by atoms with Crippen molar-refractivity contribution >= 4 is 11.7 Å². The molecule has 3 nitrogen and oxygen atoms in total. The second-order valence-electron chi connectivity index (χ2n) is 6.86. The molecule has 2 rings (SSSR count). The topological polar surface area (TPSA) is 41.1 Å². The molecule has 0 aliphatic heterocycles. The van der Waals surface area contributed by atoms with Crippen molar-refractivity contribution in [3.63, 3.8) is 0 Å². The van der Waals surface area contributed by atoms with E-state index in [4.69, 9.17) is 0 Å². The first-order chi connectivity index (χ1) is 11.4. The Bertz CT molecular complexity index is 678. The van der Waals surface area contributed by atoms with E-state index in [0.717, 1.165) is 11.3 Å². The van der Waals surface area contributed by atoms with Gasteiger partial charge in [0.1, 0.15) is 0 Å². The van der Waals surface area contributed by atoms with Crippen molar-refractivity contribution in [1.29, 1.82) is 0 Å². The van der Waals surface area contributed by atoms with Crippen LogP contribution in [0.1, 0.15) is 61.8 Å². The Balaban J connectivity index is 2.15. The van der Waals surface area contributed by atoms with Gasteiger partial charge in [-0.1, -0.05) is 70.2 Å². The van der Waals surface area contributed by atoms with Crippen LogP contribution in [-0.4, -0.2) is 6.03 Å². The van der Waals surface area contributed by atoms with Crippen molar-refractivity contribution in [2.24, 2.45) is 0 Å². The molecular formula is C21H28N2O. The van der Waals surface area contributed by atoms with Gasteiger partial charge in [0.05, 0.1) is 0 Å². The summed E-state index contributed by atoms with van der Waals surface area (Å²) in [4.78, 5) is 12.4. The maximum absolute atomic E-state index is 12.4. The molecule has 0 aromatic heterocycles. The van der Waals surface area contributed by atoms with Gasteiger partial charge in [0.2, 0.25) is 0 Å². The number of aryl methyl sites for hydroxylation is 1. The standard InChI is InChI=1S/C21H28N2O/c1-14(2)18-11-8-12-19(15(3)4)20(18)23-21(24)22-13-17-10-7-6-9-16(17)5/h6-12,14-15H,13H2,1-5H3,(H2,22,23,24). The number of carbonyl (C=O) groups is 1. The van der Waals surface area contributed by atoms with E-state index < -0.39 is 0 Å². The third-order valence-electron chi connectivity index (χ3n) is 4.31. The number of hydrogen-bond acceptors (Lipinski definition) is 1. The molecule has 0 spiro atoms.